The van der Waals surface area contributed by atoms with Crippen molar-refractivity contribution in [2.75, 3.05) is 20.1 Å². The molecule has 0 spiro atoms. The maximum absolute atomic E-state index is 12.1. The van der Waals surface area contributed by atoms with Crippen molar-refractivity contribution in [1.82, 2.24) is 9.62 Å². The van der Waals surface area contributed by atoms with Gasteiger partial charge in [0.1, 0.15) is 6.07 Å². The lowest BCUT2D eigenvalue weighted by molar-refractivity contribution is 0.278. The molecule has 5 nitrogen and oxygen atoms in total. The number of rotatable bonds is 6. The largest absolute Gasteiger partial charge is 0.303 e. The highest BCUT2D eigenvalue weighted by molar-refractivity contribution is 7.89. The van der Waals surface area contributed by atoms with E-state index in [0.717, 1.165) is 0 Å². The molecule has 0 saturated carbocycles. The summed E-state index contributed by atoms with van der Waals surface area (Å²) in [6.45, 7) is 5.00. The highest BCUT2D eigenvalue weighted by Gasteiger charge is 2.15. The van der Waals surface area contributed by atoms with Crippen molar-refractivity contribution in [2.45, 2.75) is 24.8 Å². The molecule has 1 rings (SSSR count). The van der Waals surface area contributed by atoms with E-state index in [1.54, 1.807) is 0 Å². The summed E-state index contributed by atoms with van der Waals surface area (Å²) < 4.78 is 26.6. The minimum Gasteiger partial charge on any atom is -0.303 e. The average Bonchev–Trinajstić information content (AvgIpc) is 2.38. The lowest BCUT2D eigenvalue weighted by Gasteiger charge is -2.20. The highest BCUT2D eigenvalue weighted by Crippen LogP contribution is 2.19. The molecular formula is C13H18ClN3O2S. The average molecular weight is 316 g/mol. The number of nitriles is 1. The summed E-state index contributed by atoms with van der Waals surface area (Å²) in [6.07, 6.45) is 0. The SMILES string of the molecule is CC(C)N(C)CCNS(=O)(=O)c1ccc(C#N)c(Cl)c1. The number of hydrogen-bond acceptors (Lipinski definition) is 4. The molecule has 20 heavy (non-hydrogen) atoms. The molecule has 7 heteroatoms. The minimum absolute atomic E-state index is 0.0636. The van der Waals surface area contributed by atoms with Crippen LogP contribution in [0.3, 0.4) is 0 Å². The second-order valence-electron chi connectivity index (χ2n) is 4.73. The molecule has 0 unspecified atom stereocenters. The summed E-state index contributed by atoms with van der Waals surface area (Å²) in [6, 6.07) is 6.30. The van der Waals surface area contributed by atoms with Gasteiger partial charge in [0, 0.05) is 19.1 Å². The van der Waals surface area contributed by atoms with E-state index < -0.39 is 10.0 Å². The monoisotopic (exact) mass is 315 g/mol. The van der Waals surface area contributed by atoms with E-state index in [1.807, 2.05) is 31.9 Å². The van der Waals surface area contributed by atoms with Crippen molar-refractivity contribution in [3.05, 3.63) is 28.8 Å². The van der Waals surface area contributed by atoms with Crippen LogP contribution in [0.5, 0.6) is 0 Å². The third-order valence-corrected chi connectivity index (χ3v) is 4.78. The second kappa shape index (κ2) is 7.04. The first-order valence-electron chi connectivity index (χ1n) is 6.17. The van der Waals surface area contributed by atoms with Crippen LogP contribution in [0.4, 0.5) is 0 Å². The first-order chi connectivity index (χ1) is 9.27. The normalized spacial score (nSPS) is 11.8. The van der Waals surface area contributed by atoms with Crippen LogP contribution < -0.4 is 4.72 Å². The Hall–Kier alpha value is -1.13. The van der Waals surface area contributed by atoms with Crippen LogP contribution in [0.25, 0.3) is 0 Å². The Labute approximate surface area is 125 Å². The molecule has 0 aliphatic carbocycles. The fourth-order valence-corrected chi connectivity index (χ4v) is 2.79. The number of likely N-dealkylation sites (N-methyl/N-ethyl adjacent to an activating group) is 1. The van der Waals surface area contributed by atoms with Crippen LogP contribution in [0, 0.1) is 11.3 Å². The first-order valence-corrected chi connectivity index (χ1v) is 8.03. The number of hydrogen-bond donors (Lipinski definition) is 1. The van der Waals surface area contributed by atoms with Gasteiger partial charge in [-0.15, -0.1) is 0 Å². The lowest BCUT2D eigenvalue weighted by atomic mass is 10.2. The van der Waals surface area contributed by atoms with Crippen LogP contribution in [0.15, 0.2) is 23.1 Å². The van der Waals surface area contributed by atoms with E-state index in [0.29, 0.717) is 19.1 Å². The van der Waals surface area contributed by atoms with Gasteiger partial charge in [-0.05, 0) is 39.1 Å². The molecule has 0 saturated heterocycles. The van der Waals surface area contributed by atoms with Crippen molar-refractivity contribution in [2.24, 2.45) is 0 Å². The third kappa shape index (κ3) is 4.46. The summed E-state index contributed by atoms with van der Waals surface area (Å²) in [5.41, 5.74) is 0.255. The Kier molecular flexibility index (Phi) is 5.96. The van der Waals surface area contributed by atoms with E-state index in [4.69, 9.17) is 16.9 Å². The molecule has 0 bridgehead atoms. The number of sulfonamides is 1. The van der Waals surface area contributed by atoms with Crippen molar-refractivity contribution in [3.8, 4) is 6.07 Å². The first kappa shape index (κ1) is 16.9. The zero-order valence-electron chi connectivity index (χ0n) is 11.7. The molecule has 0 heterocycles. The maximum atomic E-state index is 12.1. The fraction of sp³-hybridized carbons (Fsp3) is 0.462. The van der Waals surface area contributed by atoms with Crippen molar-refractivity contribution >= 4 is 21.6 Å². The highest BCUT2D eigenvalue weighted by atomic mass is 35.5. The van der Waals surface area contributed by atoms with E-state index >= 15 is 0 Å². The Balaban J connectivity index is 2.75. The second-order valence-corrected chi connectivity index (χ2v) is 6.90. The van der Waals surface area contributed by atoms with Crippen LogP contribution in [0.1, 0.15) is 19.4 Å². The molecule has 0 radical (unpaired) electrons. The van der Waals surface area contributed by atoms with Gasteiger partial charge in [-0.1, -0.05) is 11.6 Å². The minimum atomic E-state index is -3.60. The van der Waals surface area contributed by atoms with Gasteiger partial charge in [0.25, 0.3) is 0 Å². The fourth-order valence-electron chi connectivity index (χ4n) is 1.45. The predicted molar refractivity (Wildman–Crippen MR) is 79.1 cm³/mol. The van der Waals surface area contributed by atoms with Gasteiger partial charge in [-0.25, -0.2) is 13.1 Å². The van der Waals surface area contributed by atoms with Crippen LogP contribution in [-0.4, -0.2) is 39.5 Å². The quantitative estimate of drug-likeness (QED) is 0.869. The summed E-state index contributed by atoms with van der Waals surface area (Å²) in [5, 5.41) is 8.90. The van der Waals surface area contributed by atoms with Crippen LogP contribution in [0.2, 0.25) is 5.02 Å². The van der Waals surface area contributed by atoms with Gasteiger partial charge in [0.05, 0.1) is 15.5 Å². The predicted octanol–water partition coefficient (Wildman–Crippen LogP) is 1.83. The van der Waals surface area contributed by atoms with E-state index in [9.17, 15) is 8.42 Å². The smallest absolute Gasteiger partial charge is 0.240 e. The van der Waals surface area contributed by atoms with Gasteiger partial charge in [-0.2, -0.15) is 5.26 Å². The molecule has 0 aromatic heterocycles. The summed E-state index contributed by atoms with van der Waals surface area (Å²) >= 11 is 5.84. The van der Waals surface area contributed by atoms with Crippen molar-refractivity contribution < 1.29 is 8.42 Å². The lowest BCUT2D eigenvalue weighted by Crippen LogP contribution is -2.36. The number of halogens is 1. The van der Waals surface area contributed by atoms with E-state index in [2.05, 4.69) is 4.72 Å². The topological polar surface area (TPSA) is 73.2 Å². The molecule has 110 valence electrons. The van der Waals surface area contributed by atoms with Gasteiger partial charge in [0.15, 0.2) is 0 Å². The standard InChI is InChI=1S/C13H18ClN3O2S/c1-10(2)17(3)7-6-16-20(18,19)12-5-4-11(9-15)13(14)8-12/h4-5,8,10,16H,6-7H2,1-3H3. The molecule has 1 aromatic rings. The van der Waals surface area contributed by atoms with Gasteiger partial charge >= 0.3 is 0 Å². The number of benzene rings is 1. The van der Waals surface area contributed by atoms with E-state index in [-0.39, 0.29) is 15.5 Å². The Morgan fingerprint density at radius 3 is 2.60 bits per heavy atom. The molecule has 1 aromatic carbocycles. The van der Waals surface area contributed by atoms with E-state index in [1.165, 1.54) is 18.2 Å². The van der Waals surface area contributed by atoms with Crippen LogP contribution in [-0.2, 0) is 10.0 Å². The molecule has 1 N–H and O–H groups in total. The zero-order valence-corrected chi connectivity index (χ0v) is 13.3. The number of nitrogens with one attached hydrogen (secondary N) is 1. The molecule has 0 fully saturated rings. The van der Waals surface area contributed by atoms with Gasteiger partial charge in [0.2, 0.25) is 10.0 Å². The van der Waals surface area contributed by atoms with Gasteiger partial charge < -0.3 is 4.90 Å². The molecule has 0 atom stereocenters. The maximum Gasteiger partial charge on any atom is 0.240 e. The zero-order chi connectivity index (χ0) is 15.3. The molecule has 0 aliphatic heterocycles. The Bertz CT molecular complexity index is 609. The molecular weight excluding hydrogens is 298 g/mol. The van der Waals surface area contributed by atoms with Gasteiger partial charge in [-0.3, -0.25) is 0 Å². The van der Waals surface area contributed by atoms with Crippen LogP contribution >= 0.6 is 11.6 Å². The number of nitrogens with zero attached hydrogens (tertiary/aromatic N) is 2. The van der Waals surface area contributed by atoms with Crippen molar-refractivity contribution in [1.29, 1.82) is 5.26 Å². The van der Waals surface area contributed by atoms with Crippen molar-refractivity contribution in [3.63, 3.8) is 0 Å². The third-order valence-electron chi connectivity index (χ3n) is 3.01. The molecule has 0 aliphatic rings. The summed E-state index contributed by atoms with van der Waals surface area (Å²) in [4.78, 5) is 2.10. The molecule has 0 amide bonds. The Morgan fingerprint density at radius 2 is 2.10 bits per heavy atom. The summed E-state index contributed by atoms with van der Waals surface area (Å²) in [5.74, 6) is 0. The summed E-state index contributed by atoms with van der Waals surface area (Å²) in [7, 11) is -1.67. The Morgan fingerprint density at radius 1 is 1.45 bits per heavy atom.